The van der Waals surface area contributed by atoms with Crippen molar-refractivity contribution < 1.29 is 36.7 Å². The molecule has 3 saturated heterocycles. The van der Waals surface area contributed by atoms with Crippen LogP contribution in [0.15, 0.2) is 0 Å². The number of rotatable bonds is 0. The van der Waals surface area contributed by atoms with Crippen molar-refractivity contribution in [2.24, 2.45) is 11.8 Å². The predicted molar refractivity (Wildman–Crippen MR) is 83.9 cm³/mol. The van der Waals surface area contributed by atoms with Crippen molar-refractivity contribution in [1.82, 2.24) is 0 Å². The van der Waals surface area contributed by atoms with Crippen LogP contribution in [0.5, 0.6) is 0 Å². The molecule has 0 aromatic rings. The molecule has 3 aliphatic heterocycles. The first-order chi connectivity index (χ1) is 11.4. The van der Waals surface area contributed by atoms with Gasteiger partial charge in [-0.2, -0.15) is 0 Å². The first kappa shape index (κ1) is 18.8. The van der Waals surface area contributed by atoms with E-state index in [4.69, 9.17) is 35.4 Å². The van der Waals surface area contributed by atoms with Crippen LogP contribution >= 0.6 is 16.5 Å². The number of ether oxygens (including phenoxy) is 2. The second kappa shape index (κ2) is 7.72. The van der Waals surface area contributed by atoms with E-state index >= 15 is 0 Å². The summed E-state index contributed by atoms with van der Waals surface area (Å²) in [6.07, 6.45) is -2.04. The Labute approximate surface area is 144 Å². The fourth-order valence-electron chi connectivity index (χ4n) is 3.28. The van der Waals surface area contributed by atoms with E-state index in [2.05, 4.69) is 0 Å². The van der Waals surface area contributed by atoms with Gasteiger partial charge in [0.2, 0.25) is 0 Å². The highest BCUT2D eigenvalue weighted by atomic mass is 31.1. The Kier molecular flexibility index (Phi) is 6.05. The average Bonchev–Trinajstić information content (AvgIpc) is 2.94. The maximum atomic E-state index is 12.1. The second-order valence-corrected chi connectivity index (χ2v) is 8.25. The van der Waals surface area contributed by atoms with Gasteiger partial charge in [-0.25, -0.2) is 0 Å². The lowest BCUT2D eigenvalue weighted by Gasteiger charge is -2.15. The molecular weight excluding hydrogens is 357 g/mol. The largest absolute Gasteiger partial charge is 0.697 e. The van der Waals surface area contributed by atoms with Crippen LogP contribution in [0.4, 0.5) is 0 Å². The standard InChI is InChI=1S/C13H21BO8P2/c1-6-9-4-17-24(16)22-12-7(2)10(20-13(12)14)5-18-23(15)21-11(6)8(3)19-9/h6-13H,4-5H2,1-3H3/q+2/t6?,7-,8-,9+,10+,11-,12?,13+/m0/s1. The fourth-order valence-corrected chi connectivity index (χ4v) is 5.01. The molecule has 0 saturated carbocycles. The molecule has 3 aliphatic rings. The summed E-state index contributed by atoms with van der Waals surface area (Å²) in [7, 11) is 1.20. The Balaban J connectivity index is 1.75. The van der Waals surface area contributed by atoms with Crippen molar-refractivity contribution in [1.29, 1.82) is 0 Å². The van der Waals surface area contributed by atoms with E-state index < -0.39 is 40.8 Å². The quantitative estimate of drug-likeness (QED) is 0.468. The van der Waals surface area contributed by atoms with Crippen LogP contribution in [0.1, 0.15) is 20.8 Å². The number of fused-ring (bicyclic) bond motifs is 4. The molecule has 2 radical (unpaired) electrons. The van der Waals surface area contributed by atoms with Crippen LogP contribution in [-0.2, 0) is 36.7 Å². The van der Waals surface area contributed by atoms with Crippen molar-refractivity contribution in [3.63, 3.8) is 0 Å². The van der Waals surface area contributed by atoms with Crippen molar-refractivity contribution >= 4 is 24.4 Å². The highest BCUT2D eigenvalue weighted by Crippen LogP contribution is 2.42. The molecule has 0 amide bonds. The first-order valence-corrected chi connectivity index (χ1v) is 10.2. The van der Waals surface area contributed by atoms with E-state index in [0.717, 1.165) is 0 Å². The molecule has 10 atom stereocenters. The molecule has 11 heteroatoms. The van der Waals surface area contributed by atoms with Gasteiger partial charge in [-0.1, -0.05) is 13.8 Å². The molecule has 24 heavy (non-hydrogen) atoms. The lowest BCUT2D eigenvalue weighted by atomic mass is 9.89. The SMILES string of the molecule is [B][C@@H]1O[C@@H]2CO[P+](=O)O[C@H]3C(C)[C@@H](CO[P+](=O)OC1[C@H]2C)O[C@H]3C. The highest BCUT2D eigenvalue weighted by Gasteiger charge is 2.50. The average molecular weight is 378 g/mol. The Morgan fingerprint density at radius 1 is 0.833 bits per heavy atom. The van der Waals surface area contributed by atoms with Gasteiger partial charge in [0.15, 0.2) is 0 Å². The molecule has 0 N–H and O–H groups in total. The molecule has 0 aromatic carbocycles. The molecule has 4 bridgehead atoms. The van der Waals surface area contributed by atoms with Gasteiger partial charge in [0.25, 0.3) is 0 Å². The van der Waals surface area contributed by atoms with Gasteiger partial charge in [-0.15, -0.1) is 18.1 Å². The van der Waals surface area contributed by atoms with Gasteiger partial charge >= 0.3 is 16.5 Å². The summed E-state index contributed by atoms with van der Waals surface area (Å²) in [4.78, 5) is 0. The molecule has 0 aromatic heterocycles. The smallest absolute Gasteiger partial charge is 0.379 e. The minimum Gasteiger partial charge on any atom is -0.379 e. The van der Waals surface area contributed by atoms with E-state index in [1.807, 2.05) is 20.8 Å². The summed E-state index contributed by atoms with van der Waals surface area (Å²) in [5, 5.41) is 0. The molecule has 0 spiro atoms. The van der Waals surface area contributed by atoms with Crippen LogP contribution in [0.25, 0.3) is 0 Å². The Morgan fingerprint density at radius 3 is 1.96 bits per heavy atom. The molecular formula is C13H21BO8P2+2. The second-order valence-electron chi connectivity index (χ2n) is 6.42. The third kappa shape index (κ3) is 3.89. The normalized spacial score (nSPS) is 50.6. The highest BCUT2D eigenvalue weighted by molar-refractivity contribution is 7.33. The summed E-state index contributed by atoms with van der Waals surface area (Å²) in [5.74, 6) is -0.289. The Hall–Kier alpha value is 0.0249. The van der Waals surface area contributed by atoms with E-state index in [1.54, 1.807) is 0 Å². The lowest BCUT2D eigenvalue weighted by Crippen LogP contribution is -2.30. The van der Waals surface area contributed by atoms with Crippen LogP contribution in [0, 0.1) is 11.8 Å². The molecule has 132 valence electrons. The van der Waals surface area contributed by atoms with Crippen LogP contribution in [0.2, 0.25) is 0 Å². The van der Waals surface area contributed by atoms with E-state index in [-0.39, 0.29) is 37.3 Å². The van der Waals surface area contributed by atoms with Gasteiger partial charge in [0, 0.05) is 27.0 Å². The van der Waals surface area contributed by atoms with Crippen LogP contribution in [0.3, 0.4) is 0 Å². The topological polar surface area (TPSA) is 89.5 Å². The maximum absolute atomic E-state index is 12.1. The predicted octanol–water partition coefficient (Wildman–Crippen LogP) is 2.07. The molecule has 3 rings (SSSR count). The summed E-state index contributed by atoms with van der Waals surface area (Å²) >= 11 is 0. The summed E-state index contributed by atoms with van der Waals surface area (Å²) in [5.41, 5.74) is 0. The molecule has 0 aliphatic carbocycles. The van der Waals surface area contributed by atoms with Crippen molar-refractivity contribution in [2.45, 2.75) is 57.3 Å². The summed E-state index contributed by atoms with van der Waals surface area (Å²) in [6, 6.07) is -0.758. The maximum Gasteiger partial charge on any atom is 0.697 e. The minimum atomic E-state index is -2.36. The third-order valence-electron chi connectivity index (χ3n) is 4.82. The number of hydrogen-bond acceptors (Lipinski definition) is 8. The van der Waals surface area contributed by atoms with Crippen molar-refractivity contribution in [3.05, 3.63) is 0 Å². The third-order valence-corrected chi connectivity index (χ3v) is 6.37. The molecule has 3 heterocycles. The molecule has 3 fully saturated rings. The van der Waals surface area contributed by atoms with Gasteiger partial charge in [0.05, 0.1) is 18.3 Å². The number of hydrogen-bond donors (Lipinski definition) is 0. The Bertz CT molecular complexity index is 464. The van der Waals surface area contributed by atoms with Gasteiger partial charge < -0.3 is 9.47 Å². The van der Waals surface area contributed by atoms with Crippen LogP contribution < -0.4 is 0 Å². The van der Waals surface area contributed by atoms with Crippen LogP contribution in [-0.4, -0.2) is 57.6 Å². The zero-order valence-corrected chi connectivity index (χ0v) is 15.6. The van der Waals surface area contributed by atoms with E-state index in [0.29, 0.717) is 0 Å². The summed E-state index contributed by atoms with van der Waals surface area (Å²) < 4.78 is 57.0. The monoisotopic (exact) mass is 378 g/mol. The van der Waals surface area contributed by atoms with E-state index in [1.165, 1.54) is 0 Å². The molecule has 8 nitrogen and oxygen atoms in total. The van der Waals surface area contributed by atoms with Crippen molar-refractivity contribution in [2.75, 3.05) is 13.2 Å². The molecule has 4 unspecified atom stereocenters. The summed E-state index contributed by atoms with van der Waals surface area (Å²) in [6.45, 7) is 5.69. The van der Waals surface area contributed by atoms with Gasteiger partial charge in [-0.05, 0) is 6.92 Å². The van der Waals surface area contributed by atoms with E-state index in [9.17, 15) is 9.13 Å². The lowest BCUT2D eigenvalue weighted by molar-refractivity contribution is -0.00190. The Morgan fingerprint density at radius 2 is 1.33 bits per heavy atom. The first-order valence-electron chi connectivity index (χ1n) is 7.97. The van der Waals surface area contributed by atoms with Gasteiger partial charge in [-0.3, -0.25) is 0 Å². The zero-order chi connectivity index (χ0) is 17.4. The fraction of sp³-hybridized carbons (Fsp3) is 1.00. The zero-order valence-electron chi connectivity index (χ0n) is 13.8. The van der Waals surface area contributed by atoms with Crippen molar-refractivity contribution in [3.8, 4) is 0 Å². The van der Waals surface area contributed by atoms with Gasteiger partial charge in [0.1, 0.15) is 33.3 Å². The minimum absolute atomic E-state index is 0.0430.